The second-order valence-electron chi connectivity index (χ2n) is 4.99. The van der Waals surface area contributed by atoms with Gasteiger partial charge in [-0.05, 0) is 56.0 Å². The summed E-state index contributed by atoms with van der Waals surface area (Å²) in [4.78, 5) is 0. The Morgan fingerprint density at radius 1 is 1.35 bits per heavy atom. The summed E-state index contributed by atoms with van der Waals surface area (Å²) in [6, 6.07) is 6.16. The van der Waals surface area contributed by atoms with Crippen LogP contribution in [0.1, 0.15) is 25.8 Å². The summed E-state index contributed by atoms with van der Waals surface area (Å²) in [5, 5.41) is 4.14. The van der Waals surface area contributed by atoms with Gasteiger partial charge in [0.05, 0.1) is 0 Å². The van der Waals surface area contributed by atoms with Crippen LogP contribution < -0.4 is 5.32 Å². The van der Waals surface area contributed by atoms with Crippen molar-refractivity contribution in [2.75, 3.05) is 13.6 Å². The topological polar surface area (TPSA) is 12.0 Å². The maximum atomic E-state index is 6.26. The van der Waals surface area contributed by atoms with E-state index < -0.39 is 0 Å². The van der Waals surface area contributed by atoms with Crippen LogP contribution in [0.2, 0.25) is 5.02 Å². The van der Waals surface area contributed by atoms with Gasteiger partial charge in [-0.15, -0.1) is 0 Å². The van der Waals surface area contributed by atoms with E-state index in [1.165, 1.54) is 12.0 Å². The van der Waals surface area contributed by atoms with Crippen LogP contribution in [0.5, 0.6) is 0 Å². The van der Waals surface area contributed by atoms with Gasteiger partial charge in [0.15, 0.2) is 0 Å². The van der Waals surface area contributed by atoms with Gasteiger partial charge in [-0.3, -0.25) is 0 Å². The molecular weight excluding hydrogens is 298 g/mol. The summed E-state index contributed by atoms with van der Waals surface area (Å²) >= 11 is 9.70. The molecule has 0 bridgehead atoms. The average Bonchev–Trinajstić information content (AvgIpc) is 2.21. The smallest absolute Gasteiger partial charge is 0.0449 e. The Balaban J connectivity index is 2.71. The molecule has 1 aromatic carbocycles. The lowest BCUT2D eigenvalue weighted by molar-refractivity contribution is 0.395. The molecule has 0 aliphatic rings. The molecule has 0 aliphatic carbocycles. The maximum Gasteiger partial charge on any atom is 0.0449 e. The molecule has 0 aromatic heterocycles. The third-order valence-electron chi connectivity index (χ3n) is 2.82. The summed E-state index contributed by atoms with van der Waals surface area (Å²) in [5.41, 5.74) is 1.25. The molecule has 0 aliphatic heterocycles. The zero-order valence-corrected chi connectivity index (χ0v) is 13.1. The lowest BCUT2D eigenvalue weighted by atomic mass is 9.91. The van der Waals surface area contributed by atoms with Gasteiger partial charge < -0.3 is 5.32 Å². The van der Waals surface area contributed by atoms with Crippen molar-refractivity contribution in [3.05, 3.63) is 33.3 Å². The van der Waals surface area contributed by atoms with Crippen LogP contribution in [0.15, 0.2) is 22.7 Å². The minimum Gasteiger partial charge on any atom is -0.319 e. The van der Waals surface area contributed by atoms with E-state index in [1.807, 2.05) is 13.1 Å². The van der Waals surface area contributed by atoms with Crippen molar-refractivity contribution in [3.63, 3.8) is 0 Å². The normalized spacial score (nSPS) is 13.1. The summed E-state index contributed by atoms with van der Waals surface area (Å²) in [6.07, 6.45) is 2.28. The fourth-order valence-corrected chi connectivity index (χ4v) is 2.94. The van der Waals surface area contributed by atoms with Crippen LogP contribution >= 0.6 is 27.5 Å². The molecule has 1 N–H and O–H groups in total. The number of halogens is 2. The molecule has 1 atom stereocenters. The lowest BCUT2D eigenvalue weighted by Gasteiger charge is -2.19. The van der Waals surface area contributed by atoms with Crippen molar-refractivity contribution in [1.29, 1.82) is 0 Å². The average molecular weight is 319 g/mol. The predicted octanol–water partition coefficient (Wildman–Crippen LogP) is 4.53. The van der Waals surface area contributed by atoms with Crippen molar-refractivity contribution in [1.82, 2.24) is 5.32 Å². The Kier molecular flexibility index (Phi) is 6.53. The van der Waals surface area contributed by atoms with Crippen LogP contribution in [0.25, 0.3) is 0 Å². The highest BCUT2D eigenvalue weighted by Gasteiger charge is 2.13. The van der Waals surface area contributed by atoms with Crippen molar-refractivity contribution < 1.29 is 0 Å². The van der Waals surface area contributed by atoms with Crippen molar-refractivity contribution in [2.24, 2.45) is 11.8 Å². The highest BCUT2D eigenvalue weighted by molar-refractivity contribution is 9.10. The molecule has 0 radical (unpaired) electrons. The van der Waals surface area contributed by atoms with Crippen LogP contribution in [-0.4, -0.2) is 13.6 Å². The number of rotatable bonds is 6. The van der Waals surface area contributed by atoms with Gasteiger partial charge in [0.25, 0.3) is 0 Å². The Morgan fingerprint density at radius 2 is 2.06 bits per heavy atom. The third-order valence-corrected chi connectivity index (χ3v) is 3.67. The Hall–Kier alpha value is -0.0500. The van der Waals surface area contributed by atoms with Gasteiger partial charge in [0.2, 0.25) is 0 Å². The van der Waals surface area contributed by atoms with Gasteiger partial charge >= 0.3 is 0 Å². The first-order chi connectivity index (χ1) is 8.02. The Morgan fingerprint density at radius 3 is 2.59 bits per heavy atom. The minimum absolute atomic E-state index is 0.652. The number of nitrogens with one attached hydrogen (secondary N) is 1. The van der Waals surface area contributed by atoms with E-state index in [-0.39, 0.29) is 0 Å². The van der Waals surface area contributed by atoms with Gasteiger partial charge in [0, 0.05) is 9.50 Å². The second kappa shape index (κ2) is 7.40. The number of benzene rings is 1. The molecule has 3 heteroatoms. The fraction of sp³-hybridized carbons (Fsp3) is 0.571. The van der Waals surface area contributed by atoms with Crippen LogP contribution in [-0.2, 0) is 6.42 Å². The monoisotopic (exact) mass is 317 g/mol. The SMILES string of the molecule is CNCC(Cc1ccc(Br)cc1Cl)CC(C)C. The standard InChI is InChI=1S/C14H21BrClN/c1-10(2)6-11(9-17-3)7-12-4-5-13(15)8-14(12)16/h4-5,8,10-11,17H,6-7,9H2,1-3H3. The molecular formula is C14H21BrClN. The lowest BCUT2D eigenvalue weighted by Crippen LogP contribution is -2.22. The summed E-state index contributed by atoms with van der Waals surface area (Å²) < 4.78 is 1.04. The van der Waals surface area contributed by atoms with E-state index in [0.717, 1.165) is 28.4 Å². The van der Waals surface area contributed by atoms with E-state index in [2.05, 4.69) is 47.2 Å². The summed E-state index contributed by atoms with van der Waals surface area (Å²) in [5.74, 6) is 1.38. The fourth-order valence-electron chi connectivity index (χ4n) is 2.19. The van der Waals surface area contributed by atoms with Gasteiger partial charge in [-0.1, -0.05) is 47.4 Å². The summed E-state index contributed by atoms with van der Waals surface area (Å²) in [6.45, 7) is 5.59. The molecule has 1 nitrogen and oxygen atoms in total. The van der Waals surface area contributed by atoms with E-state index in [4.69, 9.17) is 11.6 Å². The van der Waals surface area contributed by atoms with Crippen LogP contribution in [0, 0.1) is 11.8 Å². The zero-order valence-electron chi connectivity index (χ0n) is 10.8. The summed E-state index contributed by atoms with van der Waals surface area (Å²) in [7, 11) is 2.01. The molecule has 1 unspecified atom stereocenters. The van der Waals surface area contributed by atoms with Crippen LogP contribution in [0.3, 0.4) is 0 Å². The van der Waals surface area contributed by atoms with Crippen molar-refractivity contribution >= 4 is 27.5 Å². The Bertz CT molecular complexity index is 352. The first kappa shape index (κ1) is 15.0. The van der Waals surface area contributed by atoms with Gasteiger partial charge in [0.1, 0.15) is 0 Å². The number of hydrogen-bond acceptors (Lipinski definition) is 1. The van der Waals surface area contributed by atoms with Crippen molar-refractivity contribution in [3.8, 4) is 0 Å². The minimum atomic E-state index is 0.652. The molecule has 17 heavy (non-hydrogen) atoms. The quantitative estimate of drug-likeness (QED) is 0.812. The molecule has 1 rings (SSSR count). The largest absolute Gasteiger partial charge is 0.319 e. The highest BCUT2D eigenvalue weighted by atomic mass is 79.9. The molecule has 96 valence electrons. The molecule has 0 amide bonds. The second-order valence-corrected chi connectivity index (χ2v) is 6.32. The van der Waals surface area contributed by atoms with Gasteiger partial charge in [-0.2, -0.15) is 0 Å². The highest BCUT2D eigenvalue weighted by Crippen LogP contribution is 2.25. The van der Waals surface area contributed by atoms with E-state index in [9.17, 15) is 0 Å². The maximum absolute atomic E-state index is 6.26. The molecule has 0 saturated heterocycles. The Labute approximate surface area is 118 Å². The van der Waals surface area contributed by atoms with E-state index in [0.29, 0.717) is 5.92 Å². The molecule has 0 heterocycles. The zero-order chi connectivity index (χ0) is 12.8. The van der Waals surface area contributed by atoms with E-state index in [1.54, 1.807) is 0 Å². The number of hydrogen-bond donors (Lipinski definition) is 1. The first-order valence-corrected chi connectivity index (χ1v) is 7.28. The third kappa shape index (κ3) is 5.41. The molecule has 1 aromatic rings. The van der Waals surface area contributed by atoms with E-state index >= 15 is 0 Å². The predicted molar refractivity (Wildman–Crippen MR) is 79.7 cm³/mol. The van der Waals surface area contributed by atoms with Crippen LogP contribution in [0.4, 0.5) is 0 Å². The molecule has 0 saturated carbocycles. The first-order valence-electron chi connectivity index (χ1n) is 6.11. The molecule has 0 spiro atoms. The molecule has 0 fully saturated rings. The van der Waals surface area contributed by atoms with Crippen molar-refractivity contribution in [2.45, 2.75) is 26.7 Å². The van der Waals surface area contributed by atoms with Gasteiger partial charge in [-0.25, -0.2) is 0 Å².